The van der Waals surface area contributed by atoms with Crippen LogP contribution < -0.4 is 0 Å². The van der Waals surface area contributed by atoms with E-state index in [9.17, 15) is 0 Å². The van der Waals surface area contributed by atoms with Crippen LogP contribution in [0.5, 0.6) is 0 Å². The van der Waals surface area contributed by atoms with Crippen LogP contribution in [0.1, 0.15) is 77.6 Å². The zero-order chi connectivity index (χ0) is 11.4. The van der Waals surface area contributed by atoms with Crippen molar-refractivity contribution in [3.63, 3.8) is 0 Å². The van der Waals surface area contributed by atoms with E-state index in [0.29, 0.717) is 0 Å². The molecule has 0 amide bonds. The van der Waals surface area contributed by atoms with Gasteiger partial charge in [-0.15, -0.1) is 0 Å². The van der Waals surface area contributed by atoms with E-state index in [0.717, 1.165) is 6.42 Å². The molecule has 0 aliphatic rings. The van der Waals surface area contributed by atoms with Gasteiger partial charge in [0.1, 0.15) is 0 Å². The molecule has 0 saturated heterocycles. The first-order chi connectivity index (χ1) is 7.31. The average molecular weight is 209 g/mol. The standard InChI is InChI=1S/C15H29/c1-4-6-8-10-12-14-15(3)13-11-9-7-5-2/h2-14H2,1H3. The zero-order valence-electron chi connectivity index (χ0n) is 10.7. The smallest absolute Gasteiger partial charge is 0.0323 e. The lowest BCUT2D eigenvalue weighted by molar-refractivity contribution is 0.613. The van der Waals surface area contributed by atoms with Gasteiger partial charge in [0.25, 0.3) is 0 Å². The lowest BCUT2D eigenvalue weighted by Crippen LogP contribution is -1.85. The molecule has 0 bridgehead atoms. The Balaban J connectivity index is 3.11. The molecule has 0 nitrogen and oxygen atoms in total. The number of allylic oxidation sites excluding steroid dienone is 1. The average Bonchev–Trinajstić information content (AvgIpc) is 2.24. The predicted molar refractivity (Wildman–Crippen MR) is 71.0 cm³/mol. The Morgan fingerprint density at radius 2 is 1.33 bits per heavy atom. The minimum absolute atomic E-state index is 1.09. The Morgan fingerprint density at radius 3 is 1.87 bits per heavy atom. The molecule has 0 spiro atoms. The Morgan fingerprint density at radius 1 is 0.800 bits per heavy atom. The quantitative estimate of drug-likeness (QED) is 0.303. The van der Waals surface area contributed by atoms with E-state index < -0.39 is 0 Å². The van der Waals surface area contributed by atoms with Gasteiger partial charge in [0.05, 0.1) is 0 Å². The van der Waals surface area contributed by atoms with Gasteiger partial charge in [-0.05, 0) is 25.7 Å². The Kier molecular flexibility index (Phi) is 11.6. The molecule has 0 rings (SSSR count). The van der Waals surface area contributed by atoms with Gasteiger partial charge in [0.2, 0.25) is 0 Å². The van der Waals surface area contributed by atoms with E-state index >= 15 is 0 Å². The molecular formula is C15H29. The third-order valence-corrected chi connectivity index (χ3v) is 2.91. The molecule has 0 N–H and O–H groups in total. The molecule has 1 radical (unpaired) electrons. The minimum atomic E-state index is 1.09. The number of hydrogen-bond acceptors (Lipinski definition) is 0. The monoisotopic (exact) mass is 209 g/mol. The fraction of sp³-hybridized carbons (Fsp3) is 0.800. The summed E-state index contributed by atoms with van der Waals surface area (Å²) < 4.78 is 0. The number of hydrogen-bond donors (Lipinski definition) is 0. The maximum absolute atomic E-state index is 4.15. The summed E-state index contributed by atoms with van der Waals surface area (Å²) in [6.07, 6.45) is 14.4. The van der Waals surface area contributed by atoms with Crippen LogP contribution in [0, 0.1) is 6.92 Å². The molecule has 89 valence electrons. The second kappa shape index (κ2) is 11.8. The second-order valence-corrected chi connectivity index (χ2v) is 4.58. The summed E-state index contributed by atoms with van der Waals surface area (Å²) in [5.41, 5.74) is 1.47. The van der Waals surface area contributed by atoms with Crippen LogP contribution in [0.2, 0.25) is 0 Å². The lowest BCUT2D eigenvalue weighted by Gasteiger charge is -2.05. The van der Waals surface area contributed by atoms with Gasteiger partial charge in [0.15, 0.2) is 0 Å². The molecule has 0 atom stereocenters. The maximum atomic E-state index is 4.15. The molecule has 0 fully saturated rings. The molecular weight excluding hydrogens is 180 g/mol. The molecule has 0 heteroatoms. The van der Waals surface area contributed by atoms with Gasteiger partial charge in [-0.3, -0.25) is 0 Å². The van der Waals surface area contributed by atoms with Crippen molar-refractivity contribution in [3.8, 4) is 0 Å². The molecule has 0 unspecified atom stereocenters. The SMILES string of the molecule is [CH2]CCCCCC(=C)CCCCCCC. The first-order valence-electron chi connectivity index (χ1n) is 6.77. The summed E-state index contributed by atoms with van der Waals surface area (Å²) in [6.45, 7) is 10.3. The van der Waals surface area contributed by atoms with E-state index in [1.165, 1.54) is 69.8 Å². The van der Waals surface area contributed by atoms with Gasteiger partial charge in [-0.2, -0.15) is 0 Å². The van der Waals surface area contributed by atoms with Crippen molar-refractivity contribution in [2.45, 2.75) is 77.6 Å². The van der Waals surface area contributed by atoms with Gasteiger partial charge >= 0.3 is 0 Å². The van der Waals surface area contributed by atoms with Crippen LogP contribution in [0.25, 0.3) is 0 Å². The number of unbranched alkanes of at least 4 members (excludes halogenated alkanes) is 7. The summed E-state index contributed by atoms with van der Waals surface area (Å²) in [7, 11) is 0. The van der Waals surface area contributed by atoms with Gasteiger partial charge in [-0.25, -0.2) is 0 Å². The van der Waals surface area contributed by atoms with Crippen LogP contribution in [0.4, 0.5) is 0 Å². The van der Waals surface area contributed by atoms with Crippen molar-refractivity contribution in [2.75, 3.05) is 0 Å². The summed E-state index contributed by atoms with van der Waals surface area (Å²) in [5, 5.41) is 0. The van der Waals surface area contributed by atoms with Crippen molar-refractivity contribution >= 4 is 0 Å². The lowest BCUT2D eigenvalue weighted by atomic mass is 10.0. The van der Waals surface area contributed by atoms with Gasteiger partial charge < -0.3 is 0 Å². The van der Waals surface area contributed by atoms with Crippen molar-refractivity contribution in [1.29, 1.82) is 0 Å². The van der Waals surface area contributed by atoms with Crippen LogP contribution in [-0.4, -0.2) is 0 Å². The minimum Gasteiger partial charge on any atom is -0.0999 e. The summed E-state index contributed by atoms with van der Waals surface area (Å²) in [4.78, 5) is 0. The van der Waals surface area contributed by atoms with Crippen LogP contribution in [0.15, 0.2) is 12.2 Å². The Bertz CT molecular complexity index is 135. The Hall–Kier alpha value is -0.260. The molecule has 0 aromatic carbocycles. The molecule has 0 aromatic rings. The topological polar surface area (TPSA) is 0 Å². The number of rotatable bonds is 11. The highest BCUT2D eigenvalue weighted by Crippen LogP contribution is 2.15. The zero-order valence-corrected chi connectivity index (χ0v) is 10.7. The first kappa shape index (κ1) is 14.7. The summed E-state index contributed by atoms with van der Waals surface area (Å²) in [5.74, 6) is 0. The van der Waals surface area contributed by atoms with E-state index in [4.69, 9.17) is 0 Å². The highest BCUT2D eigenvalue weighted by Gasteiger charge is 1.95. The molecule has 0 saturated carbocycles. The molecule has 0 aliphatic heterocycles. The highest BCUT2D eigenvalue weighted by molar-refractivity contribution is 4.93. The first-order valence-corrected chi connectivity index (χ1v) is 6.77. The summed E-state index contributed by atoms with van der Waals surface area (Å²) >= 11 is 0. The van der Waals surface area contributed by atoms with E-state index in [1.807, 2.05) is 0 Å². The third kappa shape index (κ3) is 11.7. The van der Waals surface area contributed by atoms with Gasteiger partial charge in [0, 0.05) is 0 Å². The van der Waals surface area contributed by atoms with Crippen LogP contribution in [0.3, 0.4) is 0 Å². The molecule has 15 heavy (non-hydrogen) atoms. The van der Waals surface area contributed by atoms with E-state index in [1.54, 1.807) is 0 Å². The van der Waals surface area contributed by atoms with E-state index in [2.05, 4.69) is 20.4 Å². The van der Waals surface area contributed by atoms with Crippen LogP contribution in [-0.2, 0) is 0 Å². The third-order valence-electron chi connectivity index (χ3n) is 2.91. The predicted octanol–water partition coefficient (Wildman–Crippen LogP) is 5.69. The van der Waals surface area contributed by atoms with Crippen molar-refractivity contribution < 1.29 is 0 Å². The molecule has 0 heterocycles. The van der Waals surface area contributed by atoms with Crippen molar-refractivity contribution in [1.82, 2.24) is 0 Å². The molecule has 0 aliphatic carbocycles. The maximum Gasteiger partial charge on any atom is -0.0323 e. The summed E-state index contributed by atoms with van der Waals surface area (Å²) in [6, 6.07) is 0. The largest absolute Gasteiger partial charge is 0.0999 e. The highest BCUT2D eigenvalue weighted by atomic mass is 14.0. The van der Waals surface area contributed by atoms with Crippen molar-refractivity contribution in [2.24, 2.45) is 0 Å². The van der Waals surface area contributed by atoms with Crippen LogP contribution >= 0.6 is 0 Å². The fourth-order valence-corrected chi connectivity index (χ4v) is 1.83. The molecule has 0 aromatic heterocycles. The Labute approximate surface area is 97.2 Å². The van der Waals surface area contributed by atoms with Crippen molar-refractivity contribution in [3.05, 3.63) is 19.1 Å². The fourth-order valence-electron chi connectivity index (χ4n) is 1.83. The second-order valence-electron chi connectivity index (χ2n) is 4.58. The normalized spacial score (nSPS) is 10.5. The van der Waals surface area contributed by atoms with Gasteiger partial charge in [-0.1, -0.05) is 70.9 Å². The van der Waals surface area contributed by atoms with E-state index in [-0.39, 0.29) is 0 Å².